The van der Waals surface area contributed by atoms with Gasteiger partial charge in [0.15, 0.2) is 0 Å². The molecule has 0 saturated carbocycles. The maximum atomic E-state index is 12.0. The number of likely N-dealkylation sites (tertiary alicyclic amines) is 1. The van der Waals surface area contributed by atoms with Crippen LogP contribution in [0.5, 0.6) is 5.75 Å². The Morgan fingerprint density at radius 2 is 1.95 bits per heavy atom. The molecule has 21 heavy (non-hydrogen) atoms. The third-order valence-electron chi connectivity index (χ3n) is 3.64. The maximum absolute atomic E-state index is 12.0. The number of carbonyl (C=O) groups is 2. The van der Waals surface area contributed by atoms with Gasteiger partial charge in [-0.25, -0.2) is 9.59 Å². The van der Waals surface area contributed by atoms with Gasteiger partial charge in [0.25, 0.3) is 0 Å². The van der Waals surface area contributed by atoms with Crippen molar-refractivity contribution in [1.82, 2.24) is 4.90 Å². The Kier molecular flexibility index (Phi) is 4.64. The minimum atomic E-state index is -1.23. The number of urea groups is 1. The number of hydrogen-bond donors (Lipinski definition) is 4. The number of aromatic carboxylic acids is 1. The molecule has 0 aliphatic carbocycles. The number of rotatable bonds is 3. The Balaban J connectivity index is 1.97. The van der Waals surface area contributed by atoms with Crippen molar-refractivity contribution >= 4 is 17.7 Å². The van der Waals surface area contributed by atoms with Crippen molar-refractivity contribution in [1.29, 1.82) is 0 Å². The van der Waals surface area contributed by atoms with E-state index in [1.165, 1.54) is 18.2 Å². The summed E-state index contributed by atoms with van der Waals surface area (Å²) in [6.45, 7) is 1.27. The number of nitrogens with zero attached hydrogens (tertiary/aromatic N) is 1. The second-order valence-electron chi connectivity index (χ2n) is 5.08. The predicted molar refractivity (Wildman–Crippen MR) is 75.5 cm³/mol. The summed E-state index contributed by atoms with van der Waals surface area (Å²) < 4.78 is 0. The summed E-state index contributed by atoms with van der Waals surface area (Å²) in [5.74, 6) is -1.37. The predicted octanol–water partition coefficient (Wildman–Crippen LogP) is 1.33. The smallest absolute Gasteiger partial charge is 0.339 e. The van der Waals surface area contributed by atoms with Crippen molar-refractivity contribution in [2.24, 2.45) is 5.92 Å². The van der Waals surface area contributed by atoms with E-state index in [0.717, 1.165) is 12.8 Å². The van der Waals surface area contributed by atoms with Crippen molar-refractivity contribution in [3.63, 3.8) is 0 Å². The van der Waals surface area contributed by atoms with Crippen LogP contribution in [-0.4, -0.2) is 51.9 Å². The number of nitrogens with one attached hydrogen (secondary N) is 1. The summed E-state index contributed by atoms with van der Waals surface area (Å²) in [6.07, 6.45) is 1.51. The van der Waals surface area contributed by atoms with Gasteiger partial charge in [0.05, 0.1) is 0 Å². The fourth-order valence-corrected chi connectivity index (χ4v) is 2.31. The molecule has 0 unspecified atom stereocenters. The van der Waals surface area contributed by atoms with Gasteiger partial charge in [-0.15, -0.1) is 0 Å². The number of benzene rings is 1. The van der Waals surface area contributed by atoms with Crippen molar-refractivity contribution in [3.05, 3.63) is 23.8 Å². The summed E-state index contributed by atoms with van der Waals surface area (Å²) in [4.78, 5) is 24.5. The van der Waals surface area contributed by atoms with E-state index in [-0.39, 0.29) is 29.9 Å². The molecule has 0 spiro atoms. The lowest BCUT2D eigenvalue weighted by atomic mass is 9.98. The maximum Gasteiger partial charge on any atom is 0.339 e. The Labute approximate surface area is 121 Å². The van der Waals surface area contributed by atoms with E-state index in [1.807, 2.05) is 0 Å². The van der Waals surface area contributed by atoms with Crippen LogP contribution in [0.1, 0.15) is 23.2 Å². The minimum Gasteiger partial charge on any atom is -0.507 e. The second kappa shape index (κ2) is 6.45. The molecule has 1 aromatic rings. The summed E-state index contributed by atoms with van der Waals surface area (Å²) in [5.41, 5.74) is 0.128. The van der Waals surface area contributed by atoms with E-state index >= 15 is 0 Å². The molecule has 7 heteroatoms. The van der Waals surface area contributed by atoms with Gasteiger partial charge >= 0.3 is 12.0 Å². The number of hydrogen-bond acceptors (Lipinski definition) is 4. The lowest BCUT2D eigenvalue weighted by Gasteiger charge is -2.31. The van der Waals surface area contributed by atoms with E-state index in [9.17, 15) is 14.7 Å². The first-order valence-corrected chi connectivity index (χ1v) is 6.74. The van der Waals surface area contributed by atoms with Crippen LogP contribution >= 0.6 is 0 Å². The van der Waals surface area contributed by atoms with Crippen molar-refractivity contribution in [3.8, 4) is 5.75 Å². The Hall–Kier alpha value is -2.28. The third-order valence-corrected chi connectivity index (χ3v) is 3.64. The van der Waals surface area contributed by atoms with Crippen molar-refractivity contribution in [2.45, 2.75) is 12.8 Å². The molecule has 1 aliphatic rings. The number of aromatic hydroxyl groups is 1. The van der Waals surface area contributed by atoms with Gasteiger partial charge in [0.1, 0.15) is 11.3 Å². The lowest BCUT2D eigenvalue weighted by Crippen LogP contribution is -2.41. The molecule has 0 bridgehead atoms. The van der Waals surface area contributed by atoms with Crippen LogP contribution in [0.3, 0.4) is 0 Å². The van der Waals surface area contributed by atoms with E-state index in [1.54, 1.807) is 4.90 Å². The molecule has 2 rings (SSSR count). The van der Waals surface area contributed by atoms with Crippen LogP contribution in [0, 0.1) is 5.92 Å². The summed E-state index contributed by atoms with van der Waals surface area (Å²) in [6, 6.07) is 3.59. The Morgan fingerprint density at radius 3 is 2.48 bits per heavy atom. The average molecular weight is 294 g/mol. The SMILES string of the molecule is O=C(O)c1ccc(NC(=O)N2CCC(CO)CC2)cc1O. The highest BCUT2D eigenvalue weighted by Gasteiger charge is 2.22. The number of phenols is 1. The van der Waals surface area contributed by atoms with Crippen LogP contribution in [0.25, 0.3) is 0 Å². The van der Waals surface area contributed by atoms with Gasteiger partial charge < -0.3 is 25.5 Å². The molecule has 1 saturated heterocycles. The second-order valence-corrected chi connectivity index (χ2v) is 5.08. The molecule has 2 amide bonds. The third kappa shape index (κ3) is 3.63. The van der Waals surface area contributed by atoms with Gasteiger partial charge in [0, 0.05) is 31.5 Å². The molecule has 4 N–H and O–H groups in total. The number of carbonyl (C=O) groups excluding carboxylic acids is 1. The molecule has 1 fully saturated rings. The lowest BCUT2D eigenvalue weighted by molar-refractivity contribution is 0.0693. The summed E-state index contributed by atoms with van der Waals surface area (Å²) >= 11 is 0. The molecule has 114 valence electrons. The summed E-state index contributed by atoms with van der Waals surface area (Å²) in [7, 11) is 0. The van der Waals surface area contributed by atoms with Crippen LogP contribution in [0.4, 0.5) is 10.5 Å². The summed E-state index contributed by atoms with van der Waals surface area (Å²) in [5, 5.41) is 30.1. The van der Waals surface area contributed by atoms with Crippen molar-refractivity contribution < 1.29 is 24.9 Å². The van der Waals surface area contributed by atoms with Gasteiger partial charge in [-0.05, 0) is 30.9 Å². The largest absolute Gasteiger partial charge is 0.507 e. The highest BCUT2D eigenvalue weighted by Crippen LogP contribution is 2.23. The molecular weight excluding hydrogens is 276 g/mol. The van der Waals surface area contributed by atoms with Crippen LogP contribution in [0.15, 0.2) is 18.2 Å². The monoisotopic (exact) mass is 294 g/mol. The fourth-order valence-electron chi connectivity index (χ4n) is 2.31. The van der Waals surface area contributed by atoms with E-state index in [2.05, 4.69) is 5.32 Å². The molecule has 1 aromatic carbocycles. The van der Waals surface area contributed by atoms with Crippen LogP contribution < -0.4 is 5.32 Å². The fraction of sp³-hybridized carbons (Fsp3) is 0.429. The highest BCUT2D eigenvalue weighted by molar-refractivity contribution is 5.94. The molecule has 1 heterocycles. The molecule has 7 nitrogen and oxygen atoms in total. The Morgan fingerprint density at radius 1 is 1.29 bits per heavy atom. The number of piperidine rings is 1. The highest BCUT2D eigenvalue weighted by atomic mass is 16.4. The van der Waals surface area contributed by atoms with E-state index in [4.69, 9.17) is 10.2 Å². The number of amides is 2. The first-order chi connectivity index (χ1) is 10.0. The first kappa shape index (κ1) is 15.1. The van der Waals surface area contributed by atoms with Crippen molar-refractivity contribution in [2.75, 3.05) is 25.0 Å². The molecule has 0 atom stereocenters. The molecular formula is C14H18N2O5. The number of carboxylic acid groups (broad SMARTS) is 1. The van der Waals surface area contributed by atoms with Gasteiger partial charge in [-0.2, -0.15) is 0 Å². The van der Waals surface area contributed by atoms with E-state index < -0.39 is 5.97 Å². The Bertz CT molecular complexity index is 538. The normalized spacial score (nSPS) is 15.8. The number of aliphatic hydroxyl groups excluding tert-OH is 1. The molecule has 0 radical (unpaired) electrons. The van der Waals surface area contributed by atoms with Gasteiger partial charge in [-0.1, -0.05) is 0 Å². The number of anilines is 1. The standard InChI is InChI=1S/C14H18N2O5/c17-8-9-3-5-16(6-4-9)14(21)15-10-1-2-11(13(19)20)12(18)7-10/h1-2,7,9,17-18H,3-6,8H2,(H,15,21)(H,19,20). The first-order valence-electron chi connectivity index (χ1n) is 6.74. The zero-order valence-corrected chi connectivity index (χ0v) is 11.5. The zero-order valence-electron chi connectivity index (χ0n) is 11.5. The van der Waals surface area contributed by atoms with Gasteiger partial charge in [0.2, 0.25) is 0 Å². The zero-order chi connectivity index (χ0) is 15.4. The number of aliphatic hydroxyl groups is 1. The van der Waals surface area contributed by atoms with Crippen LogP contribution in [-0.2, 0) is 0 Å². The molecule has 1 aliphatic heterocycles. The van der Waals surface area contributed by atoms with Gasteiger partial charge in [-0.3, -0.25) is 0 Å². The van der Waals surface area contributed by atoms with E-state index in [0.29, 0.717) is 18.8 Å². The average Bonchev–Trinajstić information content (AvgIpc) is 2.47. The minimum absolute atomic E-state index is 0.139. The number of carboxylic acids is 1. The topological polar surface area (TPSA) is 110 Å². The molecule has 0 aromatic heterocycles. The quantitative estimate of drug-likeness (QED) is 0.672. The van der Waals surface area contributed by atoms with Crippen LogP contribution in [0.2, 0.25) is 0 Å².